The van der Waals surface area contributed by atoms with E-state index in [1.54, 1.807) is 6.20 Å². The Morgan fingerprint density at radius 2 is 2.09 bits per heavy atom. The third-order valence-electron chi connectivity index (χ3n) is 6.58. The highest BCUT2D eigenvalue weighted by atomic mass is 35.5. The van der Waals surface area contributed by atoms with Crippen LogP contribution in [0.5, 0.6) is 0 Å². The summed E-state index contributed by atoms with van der Waals surface area (Å²) in [5.74, 6) is 0.362. The van der Waals surface area contributed by atoms with Gasteiger partial charge in [0.25, 0.3) is 0 Å². The van der Waals surface area contributed by atoms with Crippen molar-refractivity contribution in [2.75, 3.05) is 11.9 Å². The summed E-state index contributed by atoms with van der Waals surface area (Å²) >= 11 is 6.49. The molecule has 2 fully saturated rings. The Bertz CT molecular complexity index is 1290. The number of hydrogen-bond acceptors (Lipinski definition) is 7. The molecule has 4 atom stereocenters. The topological polar surface area (TPSA) is 98.5 Å². The lowest BCUT2D eigenvalue weighted by Gasteiger charge is -2.32. The quantitative estimate of drug-likeness (QED) is 0.601. The number of halogens is 1. The molecule has 174 valence electrons. The van der Waals surface area contributed by atoms with E-state index in [1.807, 2.05) is 32.0 Å². The van der Waals surface area contributed by atoms with E-state index in [9.17, 15) is 9.90 Å². The maximum atomic E-state index is 12.9. The van der Waals surface area contributed by atoms with Gasteiger partial charge in [-0.15, -0.1) is 0 Å². The maximum Gasteiger partial charge on any atom is 0.223 e. The molecule has 2 aliphatic heterocycles. The number of benzene rings is 1. The molecule has 33 heavy (non-hydrogen) atoms. The van der Waals surface area contributed by atoms with Crippen LogP contribution >= 0.6 is 11.6 Å². The molecule has 0 spiro atoms. The largest absolute Gasteiger partial charge is 0.386 e. The van der Waals surface area contributed by atoms with Gasteiger partial charge >= 0.3 is 0 Å². The molecule has 8 nitrogen and oxygen atoms in total. The minimum atomic E-state index is -0.821. The third-order valence-corrected chi connectivity index (χ3v) is 6.85. The molecule has 0 radical (unpaired) electrons. The van der Waals surface area contributed by atoms with Crippen LogP contribution < -0.4 is 10.7 Å². The van der Waals surface area contributed by atoms with Gasteiger partial charge in [0.1, 0.15) is 6.10 Å². The van der Waals surface area contributed by atoms with E-state index in [2.05, 4.69) is 33.7 Å². The van der Waals surface area contributed by atoms with Crippen molar-refractivity contribution in [2.24, 2.45) is 0 Å². The molecule has 4 heterocycles. The summed E-state index contributed by atoms with van der Waals surface area (Å²) in [6.07, 6.45) is 0.631. The molecule has 2 aliphatic rings. The van der Waals surface area contributed by atoms with Gasteiger partial charge in [0.05, 0.1) is 41.2 Å². The lowest BCUT2D eigenvalue weighted by Crippen LogP contribution is -2.48. The molecule has 2 N–H and O–H groups in total. The van der Waals surface area contributed by atoms with E-state index in [0.29, 0.717) is 35.1 Å². The summed E-state index contributed by atoms with van der Waals surface area (Å²) in [6, 6.07) is 5.53. The van der Waals surface area contributed by atoms with Crippen molar-refractivity contribution in [1.82, 2.24) is 14.5 Å². The van der Waals surface area contributed by atoms with Crippen molar-refractivity contribution in [3.63, 3.8) is 0 Å². The highest BCUT2D eigenvalue weighted by Gasteiger charge is 2.43. The maximum absolute atomic E-state index is 12.9. The summed E-state index contributed by atoms with van der Waals surface area (Å²) < 4.78 is 13.2. The number of aliphatic hydroxyl groups is 1. The molecule has 2 bridgehead atoms. The summed E-state index contributed by atoms with van der Waals surface area (Å²) in [7, 11) is 0. The summed E-state index contributed by atoms with van der Waals surface area (Å²) in [5.41, 5.74) is 3.91. The van der Waals surface area contributed by atoms with Gasteiger partial charge in [0, 0.05) is 28.2 Å². The van der Waals surface area contributed by atoms with Crippen LogP contribution in [0, 0.1) is 13.8 Å². The molecule has 9 heteroatoms. The number of rotatable bonds is 4. The Hall–Kier alpha value is -2.52. The first-order chi connectivity index (χ1) is 15.7. The highest BCUT2D eigenvalue weighted by Crippen LogP contribution is 2.32. The fourth-order valence-corrected chi connectivity index (χ4v) is 5.00. The third kappa shape index (κ3) is 3.81. The van der Waals surface area contributed by atoms with Crippen LogP contribution in [0.25, 0.3) is 22.2 Å². The average molecular weight is 471 g/mol. The van der Waals surface area contributed by atoms with Gasteiger partial charge in [-0.2, -0.15) is 0 Å². The molecule has 3 aromatic rings. The van der Waals surface area contributed by atoms with Crippen molar-refractivity contribution in [1.29, 1.82) is 0 Å². The van der Waals surface area contributed by atoms with E-state index in [-0.39, 0.29) is 23.6 Å². The Kier molecular flexibility index (Phi) is 5.64. The highest BCUT2D eigenvalue weighted by molar-refractivity contribution is 6.33. The standard InChI is InChI=1S/C24H27ClN4O4/c1-11(2)29-13(4)12(3)21(30)16-6-5-14(7-19(16)29)20-17(25)9-26-24(28-20)27-18-8-15-10-32-23(33-15)22(18)31/h5-7,9,11,15,18,22-23,31H,8,10H2,1-4H3,(H,26,27,28)/t15-,18+,22-,23+/m0/s1. The van der Waals surface area contributed by atoms with Gasteiger partial charge in [0.2, 0.25) is 5.95 Å². The number of pyridine rings is 1. The van der Waals surface area contributed by atoms with Crippen LogP contribution in [0.1, 0.15) is 37.6 Å². The number of fused-ring (bicyclic) bond motifs is 3. The second kappa shape index (κ2) is 8.36. The number of nitrogens with one attached hydrogen (secondary N) is 1. The molecular formula is C24H27ClN4O4. The van der Waals surface area contributed by atoms with Crippen molar-refractivity contribution in [3.8, 4) is 11.3 Å². The van der Waals surface area contributed by atoms with Crippen LogP contribution in [0.3, 0.4) is 0 Å². The lowest BCUT2D eigenvalue weighted by atomic mass is 10.0. The van der Waals surface area contributed by atoms with Crippen molar-refractivity contribution in [2.45, 2.75) is 64.7 Å². The zero-order valence-electron chi connectivity index (χ0n) is 19.0. The van der Waals surface area contributed by atoms with Crippen molar-refractivity contribution >= 4 is 28.5 Å². The second-order valence-corrected chi connectivity index (χ2v) is 9.47. The summed E-state index contributed by atoms with van der Waals surface area (Å²) in [6.45, 7) is 8.50. The van der Waals surface area contributed by atoms with Crippen LogP contribution in [-0.4, -0.2) is 50.8 Å². The zero-order chi connectivity index (χ0) is 23.4. The van der Waals surface area contributed by atoms with E-state index in [1.165, 1.54) is 0 Å². The predicted molar refractivity (Wildman–Crippen MR) is 127 cm³/mol. The van der Waals surface area contributed by atoms with Crippen molar-refractivity contribution in [3.05, 3.63) is 50.9 Å². The molecule has 2 saturated heterocycles. The molecule has 0 amide bonds. The molecule has 0 aliphatic carbocycles. The molecule has 1 aromatic carbocycles. The molecular weight excluding hydrogens is 444 g/mol. The van der Waals surface area contributed by atoms with E-state index in [0.717, 1.165) is 22.3 Å². The number of aliphatic hydroxyl groups excluding tert-OH is 1. The monoisotopic (exact) mass is 470 g/mol. The average Bonchev–Trinajstić information content (AvgIpc) is 3.20. The van der Waals surface area contributed by atoms with E-state index >= 15 is 0 Å². The fourth-order valence-electron chi connectivity index (χ4n) is 4.80. The Morgan fingerprint density at radius 3 is 2.85 bits per heavy atom. The first kappa shape index (κ1) is 22.3. The number of anilines is 1. The molecule has 5 rings (SSSR count). The fraction of sp³-hybridized carbons (Fsp3) is 0.458. The number of aromatic nitrogens is 3. The van der Waals surface area contributed by atoms with Crippen LogP contribution in [-0.2, 0) is 9.47 Å². The SMILES string of the molecule is Cc1c(C)n(C(C)C)c2cc(-c3nc(N[C@@H]4C[C@H]5CO[C@H](O5)[C@H]4O)ncc3Cl)ccc2c1=O. The van der Waals surface area contributed by atoms with Gasteiger partial charge in [-0.3, -0.25) is 4.79 Å². The summed E-state index contributed by atoms with van der Waals surface area (Å²) in [5, 5.41) is 14.8. The Labute approximate surface area is 196 Å². The first-order valence-corrected chi connectivity index (χ1v) is 11.5. The second-order valence-electron chi connectivity index (χ2n) is 9.06. The molecule has 0 saturated carbocycles. The van der Waals surface area contributed by atoms with Crippen LogP contribution in [0.2, 0.25) is 5.02 Å². The zero-order valence-corrected chi connectivity index (χ0v) is 19.8. The molecule has 0 unspecified atom stereocenters. The van der Waals surface area contributed by atoms with Crippen molar-refractivity contribution < 1.29 is 14.6 Å². The Morgan fingerprint density at radius 1 is 1.30 bits per heavy atom. The van der Waals surface area contributed by atoms with Crippen LogP contribution in [0.15, 0.2) is 29.2 Å². The van der Waals surface area contributed by atoms with Gasteiger partial charge < -0.3 is 24.5 Å². The lowest BCUT2D eigenvalue weighted by molar-refractivity contribution is -0.156. The van der Waals surface area contributed by atoms with Crippen LogP contribution in [0.4, 0.5) is 5.95 Å². The van der Waals surface area contributed by atoms with Gasteiger partial charge in [-0.05, 0) is 46.2 Å². The number of hydrogen-bond donors (Lipinski definition) is 2. The number of ether oxygens (including phenoxy) is 2. The smallest absolute Gasteiger partial charge is 0.223 e. The summed E-state index contributed by atoms with van der Waals surface area (Å²) in [4.78, 5) is 21.8. The number of nitrogens with zero attached hydrogens (tertiary/aromatic N) is 3. The van der Waals surface area contributed by atoms with Gasteiger partial charge in [-0.1, -0.05) is 17.7 Å². The Balaban J connectivity index is 1.55. The predicted octanol–water partition coefficient (Wildman–Crippen LogP) is 3.60. The minimum Gasteiger partial charge on any atom is -0.386 e. The minimum absolute atomic E-state index is 0.0347. The molecule has 2 aromatic heterocycles. The first-order valence-electron chi connectivity index (χ1n) is 11.1. The van der Waals surface area contributed by atoms with E-state index in [4.69, 9.17) is 21.1 Å². The normalized spacial score (nSPS) is 24.6. The van der Waals surface area contributed by atoms with Gasteiger partial charge in [-0.25, -0.2) is 9.97 Å². The van der Waals surface area contributed by atoms with Gasteiger partial charge in [0.15, 0.2) is 11.7 Å². The van der Waals surface area contributed by atoms with E-state index < -0.39 is 12.4 Å².